The molecule has 0 bridgehead atoms. The maximum Gasteiger partial charge on any atom is 0.407 e. The molecule has 1 fully saturated rings. The Hall–Kier alpha value is -2.01. The van der Waals surface area contributed by atoms with Crippen LogP contribution in [-0.4, -0.2) is 51.6 Å². The lowest BCUT2D eigenvalue weighted by Crippen LogP contribution is -2.59. The van der Waals surface area contributed by atoms with E-state index in [0.29, 0.717) is 19.5 Å². The summed E-state index contributed by atoms with van der Waals surface area (Å²) >= 11 is 4.35. The van der Waals surface area contributed by atoms with Gasteiger partial charge in [-0.15, -0.1) is 11.3 Å². The van der Waals surface area contributed by atoms with Gasteiger partial charge in [-0.3, -0.25) is 9.59 Å². The van der Waals surface area contributed by atoms with E-state index in [0.717, 1.165) is 11.3 Å². The van der Waals surface area contributed by atoms with Crippen molar-refractivity contribution in [3.63, 3.8) is 0 Å². The Bertz CT molecular complexity index is 958. The highest BCUT2D eigenvalue weighted by molar-refractivity contribution is 9.10. The number of hydrogen-bond acceptors (Lipinski definition) is 4. The fraction of sp³-hybridized carbons (Fsp3) is 0.400. The first-order chi connectivity index (χ1) is 12.1. The molecule has 2 aromatic rings. The number of likely N-dealkylation sites (tertiary alicyclic amines) is 1. The van der Waals surface area contributed by atoms with E-state index in [1.807, 2.05) is 0 Å². The van der Waals surface area contributed by atoms with Crippen molar-refractivity contribution >= 4 is 49.4 Å². The smallest absolute Gasteiger partial charge is 0.407 e. The number of halogens is 3. The van der Waals surface area contributed by atoms with Crippen LogP contribution in [0.25, 0.3) is 10.1 Å². The van der Waals surface area contributed by atoms with E-state index in [1.165, 1.54) is 10.6 Å². The largest absolute Gasteiger partial charge is 0.465 e. The van der Waals surface area contributed by atoms with Crippen LogP contribution in [0.3, 0.4) is 0 Å². The predicted octanol–water partition coefficient (Wildman–Crippen LogP) is 2.48. The number of rotatable bonds is 2. The molecule has 1 aliphatic heterocycles. The molecule has 2 amide bonds. The summed E-state index contributed by atoms with van der Waals surface area (Å²) in [5.74, 6) is -4.09. The Morgan fingerprint density at radius 3 is 2.77 bits per heavy atom. The lowest BCUT2D eigenvalue weighted by Gasteiger charge is -2.37. The van der Waals surface area contributed by atoms with Crippen LogP contribution in [0.15, 0.2) is 21.5 Å². The Morgan fingerprint density at radius 2 is 2.15 bits per heavy atom. The number of alkyl halides is 2. The number of hydrogen-bond donors (Lipinski definition) is 2. The normalized spacial score (nSPS) is 19.5. The molecule has 3 rings (SSSR count). The highest BCUT2D eigenvalue weighted by Gasteiger charge is 2.46. The maximum absolute atomic E-state index is 14.2. The van der Waals surface area contributed by atoms with Gasteiger partial charge in [0.05, 0.1) is 32.0 Å². The average molecular weight is 450 g/mol. The lowest BCUT2D eigenvalue weighted by molar-refractivity contribution is -0.0809. The number of aryl methyl sites for hydroxylation is 1. The second kappa shape index (κ2) is 6.62. The molecule has 0 radical (unpaired) electrons. The fourth-order valence-corrected chi connectivity index (χ4v) is 4.54. The van der Waals surface area contributed by atoms with Gasteiger partial charge in [-0.25, -0.2) is 13.6 Å². The Morgan fingerprint density at radius 1 is 1.46 bits per heavy atom. The van der Waals surface area contributed by atoms with Gasteiger partial charge in [0.15, 0.2) is 0 Å². The summed E-state index contributed by atoms with van der Waals surface area (Å²) in [6.07, 6.45) is -0.0420. The first kappa shape index (κ1) is 18.8. The van der Waals surface area contributed by atoms with E-state index in [2.05, 4.69) is 21.2 Å². The molecule has 7 nitrogen and oxygen atoms in total. The zero-order valence-corrected chi connectivity index (χ0v) is 15.9. The van der Waals surface area contributed by atoms with Gasteiger partial charge in [0.25, 0.3) is 17.4 Å². The van der Waals surface area contributed by atoms with Gasteiger partial charge in [-0.1, -0.05) is 0 Å². The van der Waals surface area contributed by atoms with Gasteiger partial charge >= 0.3 is 6.09 Å². The third kappa shape index (κ3) is 3.32. The third-order valence-corrected chi connectivity index (χ3v) is 6.24. The number of carboxylic acid groups (broad SMARTS) is 1. The van der Waals surface area contributed by atoms with Crippen molar-refractivity contribution in [2.45, 2.75) is 18.4 Å². The van der Waals surface area contributed by atoms with E-state index in [-0.39, 0.29) is 23.4 Å². The predicted molar refractivity (Wildman–Crippen MR) is 95.2 cm³/mol. The minimum atomic E-state index is -3.38. The molecule has 2 aromatic heterocycles. The summed E-state index contributed by atoms with van der Waals surface area (Å²) in [7, 11) is 1.57. The van der Waals surface area contributed by atoms with Crippen molar-refractivity contribution in [3.8, 4) is 0 Å². The van der Waals surface area contributed by atoms with Crippen molar-refractivity contribution in [2.24, 2.45) is 7.05 Å². The molecule has 140 valence electrons. The molecule has 0 saturated carbocycles. The van der Waals surface area contributed by atoms with Crippen molar-refractivity contribution in [1.29, 1.82) is 0 Å². The van der Waals surface area contributed by atoms with Crippen LogP contribution in [0.1, 0.15) is 16.1 Å². The van der Waals surface area contributed by atoms with E-state index in [9.17, 15) is 23.2 Å². The highest BCUT2D eigenvalue weighted by atomic mass is 79.9. The van der Waals surface area contributed by atoms with Crippen LogP contribution < -0.4 is 10.9 Å². The number of carbonyl (C=O) groups excluding carboxylic acids is 1. The topological polar surface area (TPSA) is 91.6 Å². The standard InChI is InChI=1S/C15H14BrF2N3O4S/c1-20-5-8(16)11-7(13(20)23)4-9(26-11)12(22)19-10-2-3-21(14(24)25)6-15(10,17)18/h4-5,10H,2-3,6H2,1H3,(H,19,22)(H,24,25). The summed E-state index contributed by atoms with van der Waals surface area (Å²) in [4.78, 5) is 36.2. The molecule has 3 heterocycles. The molecule has 0 spiro atoms. The van der Waals surface area contributed by atoms with Gasteiger partial charge < -0.3 is 19.9 Å². The van der Waals surface area contributed by atoms with Crippen molar-refractivity contribution < 1.29 is 23.5 Å². The number of aromatic nitrogens is 1. The van der Waals surface area contributed by atoms with E-state index < -0.39 is 30.5 Å². The number of fused-ring (bicyclic) bond motifs is 1. The maximum atomic E-state index is 14.2. The van der Waals surface area contributed by atoms with Crippen LogP contribution in [0.4, 0.5) is 13.6 Å². The quantitative estimate of drug-likeness (QED) is 0.736. The molecule has 2 N–H and O–H groups in total. The van der Waals surface area contributed by atoms with Crippen LogP contribution in [0.2, 0.25) is 0 Å². The second-order valence-corrected chi connectivity index (χ2v) is 7.93. The summed E-state index contributed by atoms with van der Waals surface area (Å²) in [6.45, 7) is -1.06. The first-order valence-corrected chi connectivity index (χ1v) is 9.16. The molecule has 1 unspecified atom stereocenters. The molecule has 11 heteroatoms. The summed E-state index contributed by atoms with van der Waals surface area (Å²) < 4.78 is 30.9. The summed E-state index contributed by atoms with van der Waals surface area (Å²) in [5.41, 5.74) is -0.293. The fourth-order valence-electron chi connectivity index (χ4n) is 2.83. The number of amides is 2. The zero-order valence-electron chi connectivity index (χ0n) is 13.5. The minimum absolute atomic E-state index is 0.0889. The second-order valence-electron chi connectivity index (χ2n) is 6.03. The number of thiophene rings is 1. The summed E-state index contributed by atoms with van der Waals surface area (Å²) in [6, 6.07) is -0.0884. The SMILES string of the molecule is Cn1cc(Br)c2sc(C(=O)NC3CCN(C(=O)O)CC3(F)F)cc2c1=O. The van der Waals surface area contributed by atoms with Gasteiger partial charge in [0.2, 0.25) is 0 Å². The molecular weight excluding hydrogens is 436 g/mol. The molecule has 1 atom stereocenters. The highest BCUT2D eigenvalue weighted by Crippen LogP contribution is 2.31. The Labute approximate surface area is 158 Å². The minimum Gasteiger partial charge on any atom is -0.465 e. The van der Waals surface area contributed by atoms with Gasteiger partial charge in [-0.2, -0.15) is 0 Å². The van der Waals surface area contributed by atoms with Crippen LogP contribution in [0, 0.1) is 0 Å². The number of nitrogens with zero attached hydrogens (tertiary/aromatic N) is 2. The number of piperidine rings is 1. The van der Waals surface area contributed by atoms with Crippen LogP contribution in [-0.2, 0) is 7.05 Å². The van der Waals surface area contributed by atoms with Crippen LogP contribution >= 0.6 is 27.3 Å². The molecule has 0 aliphatic carbocycles. The Balaban J connectivity index is 1.84. The molecule has 0 aromatic carbocycles. The molecule has 1 saturated heterocycles. The van der Waals surface area contributed by atoms with E-state index in [4.69, 9.17) is 5.11 Å². The van der Waals surface area contributed by atoms with Gasteiger partial charge in [-0.05, 0) is 28.4 Å². The van der Waals surface area contributed by atoms with E-state index >= 15 is 0 Å². The molecule has 1 aliphatic rings. The van der Waals surface area contributed by atoms with E-state index in [1.54, 1.807) is 13.2 Å². The van der Waals surface area contributed by atoms with Crippen molar-refractivity contribution in [3.05, 3.63) is 32.0 Å². The van der Waals surface area contributed by atoms with Crippen LogP contribution in [0.5, 0.6) is 0 Å². The first-order valence-electron chi connectivity index (χ1n) is 7.55. The Kier molecular flexibility index (Phi) is 4.78. The van der Waals surface area contributed by atoms with Gasteiger partial charge in [0.1, 0.15) is 0 Å². The number of nitrogens with one attached hydrogen (secondary N) is 1. The third-order valence-electron chi connectivity index (χ3n) is 4.21. The molecule has 26 heavy (non-hydrogen) atoms. The van der Waals surface area contributed by atoms with Gasteiger partial charge in [0, 0.05) is 19.8 Å². The van der Waals surface area contributed by atoms with Crippen molar-refractivity contribution in [2.75, 3.05) is 13.1 Å². The monoisotopic (exact) mass is 449 g/mol. The summed E-state index contributed by atoms with van der Waals surface area (Å²) in [5, 5.41) is 11.4. The molecular formula is C15H14BrF2N3O4S. The van der Waals surface area contributed by atoms with Crippen molar-refractivity contribution in [1.82, 2.24) is 14.8 Å². The number of pyridine rings is 1. The lowest BCUT2D eigenvalue weighted by atomic mass is 10.0. The zero-order chi connectivity index (χ0) is 19.2. The average Bonchev–Trinajstić information content (AvgIpc) is 3.00. The number of carbonyl (C=O) groups is 2.